The van der Waals surface area contributed by atoms with Gasteiger partial charge in [0.25, 0.3) is 0 Å². The van der Waals surface area contributed by atoms with Gasteiger partial charge in [-0.05, 0) is 29.3 Å². The minimum atomic E-state index is -3.87. The Balaban J connectivity index is 1.95. The van der Waals surface area contributed by atoms with Crippen LogP contribution in [0.15, 0.2) is 66.9 Å². The number of fused-ring (bicyclic) bond motifs is 2. The molecule has 0 aliphatic rings. The van der Waals surface area contributed by atoms with Gasteiger partial charge in [-0.1, -0.05) is 62.1 Å². The van der Waals surface area contributed by atoms with Crippen molar-refractivity contribution in [3.8, 4) is 5.75 Å². The Kier molecular flexibility index (Phi) is 2.36. The van der Waals surface area contributed by atoms with Gasteiger partial charge < -0.3 is 9.67 Å². The molecule has 1 N–H and O–H groups in total. The van der Waals surface area contributed by atoms with Gasteiger partial charge in [0.1, 0.15) is 5.75 Å². The SMILES string of the molecule is [2H]C([2H])([2H])C([2H])([2H])C([2H])([2H])C([2H])([2H])C([2H])([2H])n1cc(C(=O)c2cccc3ccccc23)c2ccc(O)cc21. The number of rotatable bonds is 6. The second-order valence-corrected chi connectivity index (χ2v) is 5.96. The monoisotopic (exact) mass is 368 g/mol. The van der Waals surface area contributed by atoms with Crippen molar-refractivity contribution in [2.75, 3.05) is 0 Å². The highest BCUT2D eigenvalue weighted by molar-refractivity contribution is 6.21. The Bertz CT molecular complexity index is 1550. The Morgan fingerprint density at radius 2 is 1.89 bits per heavy atom. The molecule has 0 bridgehead atoms. The number of nitrogens with zero attached hydrogens (tertiary/aromatic N) is 1. The van der Waals surface area contributed by atoms with Gasteiger partial charge in [0.05, 0.1) is 5.52 Å². The van der Waals surface area contributed by atoms with Crippen molar-refractivity contribution in [3.05, 3.63) is 78.0 Å². The van der Waals surface area contributed by atoms with Crippen LogP contribution < -0.4 is 0 Å². The lowest BCUT2D eigenvalue weighted by atomic mass is 9.97. The zero-order valence-electron chi connectivity index (χ0n) is 25.2. The lowest BCUT2D eigenvalue weighted by Gasteiger charge is -2.05. The molecular weight excluding hydrogens is 334 g/mol. The summed E-state index contributed by atoms with van der Waals surface area (Å²) in [5.41, 5.74) is 0.0241. The number of phenolic OH excluding ortho intramolecular Hbond substituents is 1. The van der Waals surface area contributed by atoms with Crippen molar-refractivity contribution in [1.29, 1.82) is 0 Å². The summed E-state index contributed by atoms with van der Waals surface area (Å²) in [6.45, 7) is -7.05. The van der Waals surface area contributed by atoms with Crippen molar-refractivity contribution in [3.63, 3.8) is 0 Å². The molecule has 27 heavy (non-hydrogen) atoms. The van der Waals surface area contributed by atoms with Crippen LogP contribution in [-0.2, 0) is 6.50 Å². The molecule has 0 aliphatic carbocycles. The van der Waals surface area contributed by atoms with Crippen LogP contribution in [0.2, 0.25) is 0 Å². The molecule has 0 aliphatic heterocycles. The number of phenols is 1. The molecule has 0 saturated heterocycles. The summed E-state index contributed by atoms with van der Waals surface area (Å²) in [6.07, 6.45) is -10.5. The number of aryl methyl sites for hydroxylation is 1. The van der Waals surface area contributed by atoms with E-state index in [1.165, 1.54) is 12.1 Å². The maximum atomic E-state index is 13.7. The van der Waals surface area contributed by atoms with Crippen LogP contribution in [0.4, 0.5) is 0 Å². The molecular formula is C24H23NO2. The summed E-state index contributed by atoms with van der Waals surface area (Å²) < 4.78 is 88.8. The second-order valence-electron chi connectivity index (χ2n) is 5.96. The standard InChI is InChI=1S/C24H23NO2/c1-2-3-6-14-25-16-22(20-13-12-18(26)15-23(20)25)24(27)21-11-7-9-17-8-4-5-10-19(17)21/h4-5,7-13,15-16,26H,2-3,6,14H2,1H3/i1D3,2D2,3D2,6D2,14D2. The normalized spacial score (nSPS) is 19.9. The molecule has 3 aromatic carbocycles. The summed E-state index contributed by atoms with van der Waals surface area (Å²) in [4.78, 5) is 13.7. The van der Waals surface area contributed by atoms with Gasteiger partial charge in [0.2, 0.25) is 0 Å². The molecule has 3 heteroatoms. The van der Waals surface area contributed by atoms with E-state index in [-0.39, 0.29) is 27.8 Å². The van der Waals surface area contributed by atoms with Crippen molar-refractivity contribution < 1.29 is 25.0 Å². The highest BCUT2D eigenvalue weighted by Crippen LogP contribution is 2.29. The Morgan fingerprint density at radius 1 is 1.04 bits per heavy atom. The van der Waals surface area contributed by atoms with Gasteiger partial charge in [0.15, 0.2) is 5.78 Å². The van der Waals surface area contributed by atoms with Gasteiger partial charge >= 0.3 is 0 Å². The zero-order valence-corrected chi connectivity index (χ0v) is 14.2. The van der Waals surface area contributed by atoms with Crippen LogP contribution in [0, 0.1) is 0 Å². The summed E-state index contributed by atoms with van der Waals surface area (Å²) in [5.74, 6) is -0.897. The largest absolute Gasteiger partial charge is 0.508 e. The molecule has 136 valence electrons. The van der Waals surface area contributed by atoms with Crippen molar-refractivity contribution >= 4 is 27.5 Å². The lowest BCUT2D eigenvalue weighted by Crippen LogP contribution is -2.02. The first-order chi connectivity index (χ1) is 17.4. The number of aromatic nitrogens is 1. The molecule has 4 aromatic rings. The third-order valence-corrected chi connectivity index (χ3v) is 4.37. The summed E-state index contributed by atoms with van der Waals surface area (Å²) in [5, 5.41) is 11.6. The van der Waals surface area contributed by atoms with Crippen LogP contribution >= 0.6 is 0 Å². The van der Waals surface area contributed by atoms with E-state index < -0.39 is 38.3 Å². The Hall–Kier alpha value is -3.07. The summed E-state index contributed by atoms with van der Waals surface area (Å²) in [7, 11) is 0. The molecule has 4 rings (SSSR count). The number of benzene rings is 3. The van der Waals surface area contributed by atoms with E-state index in [1.807, 2.05) is 12.1 Å². The number of carbonyl (C=O) groups excluding carboxylic acids is 1. The van der Waals surface area contributed by atoms with Gasteiger partial charge in [0, 0.05) is 50.4 Å². The van der Waals surface area contributed by atoms with Gasteiger partial charge in [-0.15, -0.1) is 0 Å². The highest BCUT2D eigenvalue weighted by Gasteiger charge is 2.18. The second kappa shape index (κ2) is 7.28. The molecule has 0 amide bonds. The zero-order chi connectivity index (χ0) is 28.5. The number of aromatic hydroxyl groups is 1. The predicted molar refractivity (Wildman–Crippen MR) is 111 cm³/mol. The van der Waals surface area contributed by atoms with Crippen molar-refractivity contribution in [2.24, 2.45) is 0 Å². The van der Waals surface area contributed by atoms with Crippen LogP contribution in [0.1, 0.15) is 57.0 Å². The van der Waals surface area contributed by atoms with E-state index in [0.29, 0.717) is 9.95 Å². The summed E-state index contributed by atoms with van der Waals surface area (Å²) in [6, 6.07) is 15.8. The first-order valence-electron chi connectivity index (χ1n) is 13.7. The number of hydrogen-bond donors (Lipinski definition) is 1. The average molecular weight is 369 g/mol. The maximum Gasteiger partial charge on any atom is 0.195 e. The molecule has 0 spiro atoms. The van der Waals surface area contributed by atoms with Gasteiger partial charge in [-0.25, -0.2) is 0 Å². The van der Waals surface area contributed by atoms with E-state index in [2.05, 4.69) is 0 Å². The molecule has 0 saturated carbocycles. The fraction of sp³-hybridized carbons (Fsp3) is 0.208. The third-order valence-electron chi connectivity index (χ3n) is 4.37. The van der Waals surface area contributed by atoms with Gasteiger partial charge in [-0.2, -0.15) is 0 Å². The van der Waals surface area contributed by atoms with Crippen molar-refractivity contribution in [1.82, 2.24) is 4.57 Å². The number of carbonyl (C=O) groups is 1. The first-order valence-corrected chi connectivity index (χ1v) is 8.23. The number of hydrogen-bond acceptors (Lipinski definition) is 2. The van der Waals surface area contributed by atoms with E-state index in [1.54, 1.807) is 30.3 Å². The molecule has 0 radical (unpaired) electrons. The van der Waals surface area contributed by atoms with Crippen LogP contribution in [0.3, 0.4) is 0 Å². The minimum Gasteiger partial charge on any atom is -0.508 e. The van der Waals surface area contributed by atoms with E-state index in [4.69, 9.17) is 15.1 Å². The Labute approximate surface area is 174 Å². The fourth-order valence-electron chi connectivity index (χ4n) is 3.18. The quantitative estimate of drug-likeness (QED) is 0.429. The minimum absolute atomic E-state index is 0.0737. The smallest absolute Gasteiger partial charge is 0.195 e. The molecule has 3 nitrogen and oxygen atoms in total. The molecule has 1 aromatic heterocycles. The van der Waals surface area contributed by atoms with Crippen LogP contribution in [-0.4, -0.2) is 15.5 Å². The van der Waals surface area contributed by atoms with Crippen LogP contribution in [0.25, 0.3) is 21.7 Å². The first kappa shape index (κ1) is 8.75. The molecule has 0 unspecified atom stereocenters. The topological polar surface area (TPSA) is 42.2 Å². The van der Waals surface area contributed by atoms with Crippen LogP contribution in [0.5, 0.6) is 5.75 Å². The Morgan fingerprint density at radius 3 is 2.78 bits per heavy atom. The maximum absolute atomic E-state index is 13.7. The van der Waals surface area contributed by atoms with Crippen molar-refractivity contribution in [2.45, 2.75) is 32.5 Å². The fourth-order valence-corrected chi connectivity index (χ4v) is 3.18. The van der Waals surface area contributed by atoms with E-state index in [9.17, 15) is 9.90 Å². The van der Waals surface area contributed by atoms with E-state index in [0.717, 1.165) is 17.6 Å². The molecule has 1 heterocycles. The van der Waals surface area contributed by atoms with Gasteiger partial charge in [-0.3, -0.25) is 4.79 Å². The summed E-state index contributed by atoms with van der Waals surface area (Å²) >= 11 is 0. The molecule has 0 fully saturated rings. The predicted octanol–water partition coefficient (Wildman–Crippen LogP) is 5.92. The highest BCUT2D eigenvalue weighted by atomic mass is 16.3. The number of ketones is 1. The average Bonchev–Trinajstić information content (AvgIpc) is 3.21. The molecule has 0 atom stereocenters. The lowest BCUT2D eigenvalue weighted by molar-refractivity contribution is 0.104. The third kappa shape index (κ3) is 3.21. The van der Waals surface area contributed by atoms with E-state index >= 15 is 0 Å².